The van der Waals surface area contributed by atoms with E-state index in [-0.39, 0.29) is 0 Å². The number of hydrogen-bond acceptors (Lipinski definition) is 4. The lowest BCUT2D eigenvalue weighted by molar-refractivity contribution is 0.0633. The summed E-state index contributed by atoms with van der Waals surface area (Å²) in [6.45, 7) is 6.40. The first-order valence-electron chi connectivity index (χ1n) is 5.90. The summed E-state index contributed by atoms with van der Waals surface area (Å²) in [6, 6.07) is 5.35. The maximum atomic E-state index is 5.88. The summed E-state index contributed by atoms with van der Waals surface area (Å²) < 4.78 is 0. The molecule has 1 saturated heterocycles. The molecule has 2 N–H and O–H groups in total. The first-order valence-corrected chi connectivity index (χ1v) is 6.78. The topological polar surface area (TPSA) is 32.5 Å². The van der Waals surface area contributed by atoms with Crippen LogP contribution >= 0.6 is 11.3 Å². The highest BCUT2D eigenvalue weighted by Gasteiger charge is 2.28. The molecule has 1 aromatic heterocycles. The van der Waals surface area contributed by atoms with E-state index in [1.54, 1.807) is 0 Å². The second-order valence-electron chi connectivity index (χ2n) is 4.58. The Morgan fingerprint density at radius 3 is 3.00 bits per heavy atom. The van der Waals surface area contributed by atoms with Gasteiger partial charge in [0.05, 0.1) is 0 Å². The van der Waals surface area contributed by atoms with Crippen LogP contribution in [0.2, 0.25) is 0 Å². The van der Waals surface area contributed by atoms with Crippen LogP contribution in [0.1, 0.15) is 17.8 Å². The van der Waals surface area contributed by atoms with Crippen LogP contribution < -0.4 is 5.73 Å². The van der Waals surface area contributed by atoms with Crippen molar-refractivity contribution in [3.8, 4) is 0 Å². The van der Waals surface area contributed by atoms with Crippen LogP contribution in [0, 0.1) is 0 Å². The lowest BCUT2D eigenvalue weighted by atomic mass is 10.1. The van der Waals surface area contributed by atoms with Gasteiger partial charge in [-0.3, -0.25) is 4.90 Å². The molecule has 0 radical (unpaired) electrons. The minimum atomic E-state index is 0.496. The van der Waals surface area contributed by atoms with Crippen molar-refractivity contribution < 1.29 is 0 Å². The second kappa shape index (κ2) is 5.27. The molecular formula is C12H21N3S. The molecule has 1 aliphatic heterocycles. The zero-order valence-corrected chi connectivity index (χ0v) is 10.9. The lowest BCUT2D eigenvalue weighted by Gasteiger charge is -2.42. The number of thiophene rings is 1. The van der Waals surface area contributed by atoms with E-state index in [0.29, 0.717) is 12.1 Å². The molecule has 2 unspecified atom stereocenters. The Hall–Kier alpha value is -0.420. The van der Waals surface area contributed by atoms with E-state index in [1.165, 1.54) is 4.88 Å². The fourth-order valence-corrected chi connectivity index (χ4v) is 3.24. The third kappa shape index (κ3) is 2.46. The molecule has 16 heavy (non-hydrogen) atoms. The minimum Gasteiger partial charge on any atom is -0.329 e. The summed E-state index contributed by atoms with van der Waals surface area (Å²) in [5, 5.41) is 2.15. The molecule has 0 spiro atoms. The molecule has 0 aromatic carbocycles. The number of likely N-dealkylation sites (N-methyl/N-ethyl adjacent to an activating group) is 1. The van der Waals surface area contributed by atoms with E-state index in [4.69, 9.17) is 5.73 Å². The minimum absolute atomic E-state index is 0.496. The molecule has 0 aliphatic carbocycles. The average Bonchev–Trinajstić information content (AvgIpc) is 2.81. The summed E-state index contributed by atoms with van der Waals surface area (Å²) in [6.07, 6.45) is 0. The molecule has 2 rings (SSSR count). The zero-order chi connectivity index (χ0) is 11.5. The molecule has 2 atom stereocenters. The summed E-state index contributed by atoms with van der Waals surface area (Å²) in [5.74, 6) is 0. The van der Waals surface area contributed by atoms with Crippen LogP contribution in [0.4, 0.5) is 0 Å². The zero-order valence-electron chi connectivity index (χ0n) is 10.1. The van der Waals surface area contributed by atoms with Gasteiger partial charge in [0, 0.05) is 43.1 Å². The van der Waals surface area contributed by atoms with Gasteiger partial charge in [0.15, 0.2) is 0 Å². The molecule has 1 aromatic rings. The van der Waals surface area contributed by atoms with E-state index in [9.17, 15) is 0 Å². The Kier molecular flexibility index (Phi) is 3.97. The van der Waals surface area contributed by atoms with Gasteiger partial charge in [0.25, 0.3) is 0 Å². The SMILES string of the molecule is CC(c1cccs1)N1CCN(C)CC1CN. The molecule has 1 fully saturated rings. The molecule has 0 bridgehead atoms. The third-order valence-electron chi connectivity index (χ3n) is 3.46. The molecule has 1 aliphatic rings. The van der Waals surface area contributed by atoms with Crippen molar-refractivity contribution >= 4 is 11.3 Å². The lowest BCUT2D eigenvalue weighted by Crippen LogP contribution is -2.55. The predicted octanol–water partition coefficient (Wildman–Crippen LogP) is 1.38. The number of nitrogens with zero attached hydrogens (tertiary/aromatic N) is 2. The smallest absolute Gasteiger partial charge is 0.0417 e. The van der Waals surface area contributed by atoms with Gasteiger partial charge in [0.1, 0.15) is 0 Å². The third-order valence-corrected chi connectivity index (χ3v) is 4.50. The Labute approximate surface area is 102 Å². The Balaban J connectivity index is 2.07. The van der Waals surface area contributed by atoms with Gasteiger partial charge >= 0.3 is 0 Å². The van der Waals surface area contributed by atoms with Gasteiger partial charge < -0.3 is 10.6 Å². The molecule has 0 amide bonds. The first-order chi connectivity index (χ1) is 7.72. The van der Waals surface area contributed by atoms with Crippen molar-refractivity contribution in [3.05, 3.63) is 22.4 Å². The van der Waals surface area contributed by atoms with Crippen molar-refractivity contribution in [2.24, 2.45) is 5.73 Å². The predicted molar refractivity (Wildman–Crippen MR) is 69.8 cm³/mol. The van der Waals surface area contributed by atoms with Gasteiger partial charge in [-0.2, -0.15) is 0 Å². The maximum absolute atomic E-state index is 5.88. The first kappa shape index (κ1) is 12.0. The highest BCUT2D eigenvalue weighted by Crippen LogP contribution is 2.27. The van der Waals surface area contributed by atoms with Crippen LogP contribution in [-0.4, -0.2) is 49.1 Å². The second-order valence-corrected chi connectivity index (χ2v) is 5.56. The normalized spacial score (nSPS) is 25.8. The summed E-state index contributed by atoms with van der Waals surface area (Å²) in [4.78, 5) is 6.36. The Morgan fingerprint density at radius 1 is 1.56 bits per heavy atom. The summed E-state index contributed by atoms with van der Waals surface area (Å²) in [7, 11) is 2.18. The average molecular weight is 239 g/mol. The maximum Gasteiger partial charge on any atom is 0.0417 e. The van der Waals surface area contributed by atoms with Gasteiger partial charge in [-0.1, -0.05) is 6.07 Å². The highest BCUT2D eigenvalue weighted by molar-refractivity contribution is 7.10. The van der Waals surface area contributed by atoms with E-state index < -0.39 is 0 Å². The van der Waals surface area contributed by atoms with Crippen molar-refractivity contribution in [2.75, 3.05) is 33.2 Å². The van der Waals surface area contributed by atoms with Crippen LogP contribution in [0.3, 0.4) is 0 Å². The van der Waals surface area contributed by atoms with Crippen molar-refractivity contribution in [1.82, 2.24) is 9.80 Å². The van der Waals surface area contributed by atoms with Crippen LogP contribution in [-0.2, 0) is 0 Å². The number of rotatable bonds is 3. The van der Waals surface area contributed by atoms with E-state index >= 15 is 0 Å². The largest absolute Gasteiger partial charge is 0.329 e. The molecule has 3 nitrogen and oxygen atoms in total. The molecule has 4 heteroatoms. The van der Waals surface area contributed by atoms with E-state index in [1.807, 2.05) is 11.3 Å². The molecule has 90 valence electrons. The fourth-order valence-electron chi connectivity index (χ4n) is 2.44. The van der Waals surface area contributed by atoms with E-state index in [2.05, 4.69) is 41.3 Å². The van der Waals surface area contributed by atoms with Gasteiger partial charge in [-0.25, -0.2) is 0 Å². The van der Waals surface area contributed by atoms with Gasteiger partial charge in [-0.15, -0.1) is 11.3 Å². The number of hydrogen-bond donors (Lipinski definition) is 1. The standard InChI is InChI=1S/C12H21N3S/c1-10(12-4-3-7-16-12)15-6-5-14(2)9-11(15)8-13/h3-4,7,10-11H,5-6,8-9,13H2,1-2H3. The Bertz CT molecular complexity index is 312. The van der Waals surface area contributed by atoms with Crippen molar-refractivity contribution in [2.45, 2.75) is 19.0 Å². The molecule has 2 heterocycles. The van der Waals surface area contributed by atoms with Crippen LogP contribution in [0.25, 0.3) is 0 Å². The van der Waals surface area contributed by atoms with Crippen LogP contribution in [0.15, 0.2) is 17.5 Å². The quantitative estimate of drug-likeness (QED) is 0.865. The highest BCUT2D eigenvalue weighted by atomic mass is 32.1. The number of piperazine rings is 1. The van der Waals surface area contributed by atoms with Crippen molar-refractivity contribution in [1.29, 1.82) is 0 Å². The fraction of sp³-hybridized carbons (Fsp3) is 0.667. The van der Waals surface area contributed by atoms with Crippen LogP contribution in [0.5, 0.6) is 0 Å². The Morgan fingerprint density at radius 2 is 2.38 bits per heavy atom. The van der Waals surface area contributed by atoms with Crippen molar-refractivity contribution in [3.63, 3.8) is 0 Å². The monoisotopic (exact) mass is 239 g/mol. The molecule has 0 saturated carbocycles. The number of nitrogens with two attached hydrogens (primary N) is 1. The molecular weight excluding hydrogens is 218 g/mol. The van der Waals surface area contributed by atoms with Gasteiger partial charge in [0.2, 0.25) is 0 Å². The summed E-state index contributed by atoms with van der Waals surface area (Å²) in [5.41, 5.74) is 5.88. The van der Waals surface area contributed by atoms with E-state index in [0.717, 1.165) is 26.2 Å². The summed E-state index contributed by atoms with van der Waals surface area (Å²) >= 11 is 1.84. The van der Waals surface area contributed by atoms with Gasteiger partial charge in [-0.05, 0) is 25.4 Å².